The molecule has 1 saturated carbocycles. The third-order valence-corrected chi connectivity index (χ3v) is 4.14. The smallest absolute Gasteiger partial charge is 0.224 e. The van der Waals surface area contributed by atoms with E-state index in [1.807, 2.05) is 0 Å². The van der Waals surface area contributed by atoms with Gasteiger partial charge in [0.05, 0.1) is 0 Å². The Balaban J connectivity index is 1.67. The highest BCUT2D eigenvalue weighted by Crippen LogP contribution is 2.41. The molecule has 14 heavy (non-hydrogen) atoms. The summed E-state index contributed by atoms with van der Waals surface area (Å²) in [5.41, 5.74) is 5.87. The second-order valence-electron chi connectivity index (χ2n) is 5.30. The van der Waals surface area contributed by atoms with Gasteiger partial charge in [-0.2, -0.15) is 0 Å². The number of hydrogen-bond donors (Lipinski definition) is 1. The van der Waals surface area contributed by atoms with Gasteiger partial charge >= 0.3 is 0 Å². The minimum absolute atomic E-state index is 0.112. The Kier molecular flexibility index (Phi) is 1.69. The highest BCUT2D eigenvalue weighted by atomic mass is 16.2. The van der Waals surface area contributed by atoms with Crippen LogP contribution in [-0.2, 0) is 4.79 Å². The molecule has 2 N–H and O–H groups in total. The summed E-state index contributed by atoms with van der Waals surface area (Å²) in [4.78, 5) is 14.2. The van der Waals surface area contributed by atoms with Crippen molar-refractivity contribution in [2.45, 2.75) is 62.6 Å². The summed E-state index contributed by atoms with van der Waals surface area (Å²) >= 11 is 0. The van der Waals surface area contributed by atoms with Gasteiger partial charge in [-0.3, -0.25) is 4.79 Å². The molecule has 2 heterocycles. The number of rotatable bonds is 2. The zero-order valence-corrected chi connectivity index (χ0v) is 8.54. The number of amides is 1. The minimum atomic E-state index is -0.112. The van der Waals surface area contributed by atoms with Crippen LogP contribution in [0.25, 0.3) is 0 Å². The van der Waals surface area contributed by atoms with Crippen molar-refractivity contribution in [3.8, 4) is 0 Å². The normalized spacial score (nSPS) is 37.6. The fourth-order valence-corrected chi connectivity index (χ4v) is 3.05. The molecular weight excluding hydrogens is 176 g/mol. The first-order valence-corrected chi connectivity index (χ1v) is 5.78. The van der Waals surface area contributed by atoms with E-state index < -0.39 is 0 Å². The molecule has 0 aromatic carbocycles. The molecule has 0 radical (unpaired) electrons. The van der Waals surface area contributed by atoms with E-state index in [1.165, 1.54) is 25.7 Å². The van der Waals surface area contributed by atoms with Crippen LogP contribution in [0, 0.1) is 0 Å². The summed E-state index contributed by atoms with van der Waals surface area (Å²) in [6, 6.07) is 1.13. The molecule has 3 aliphatic rings. The summed E-state index contributed by atoms with van der Waals surface area (Å²) < 4.78 is 0. The Bertz CT molecular complexity index is 252. The van der Waals surface area contributed by atoms with Gasteiger partial charge in [0.2, 0.25) is 5.91 Å². The number of carbonyl (C=O) groups is 1. The van der Waals surface area contributed by atoms with Gasteiger partial charge in [0.15, 0.2) is 0 Å². The summed E-state index contributed by atoms with van der Waals surface area (Å²) in [6.45, 7) is 0. The fraction of sp³-hybridized carbons (Fsp3) is 0.909. The van der Waals surface area contributed by atoms with Crippen molar-refractivity contribution in [3.63, 3.8) is 0 Å². The highest BCUT2D eigenvalue weighted by Gasteiger charge is 2.46. The van der Waals surface area contributed by atoms with Crippen molar-refractivity contribution >= 4 is 5.91 Å². The average molecular weight is 194 g/mol. The van der Waals surface area contributed by atoms with E-state index in [0.717, 1.165) is 12.8 Å². The SMILES string of the molecule is NC1(CC(=O)N2C3CCC2CC3)CC1. The van der Waals surface area contributed by atoms with E-state index >= 15 is 0 Å². The van der Waals surface area contributed by atoms with Crippen LogP contribution in [0.3, 0.4) is 0 Å². The van der Waals surface area contributed by atoms with E-state index in [9.17, 15) is 4.79 Å². The zero-order valence-electron chi connectivity index (χ0n) is 8.54. The first kappa shape index (κ1) is 8.72. The molecule has 3 nitrogen and oxygen atoms in total. The molecule has 2 saturated heterocycles. The maximum absolute atomic E-state index is 12.0. The lowest BCUT2D eigenvalue weighted by Gasteiger charge is -2.23. The quantitative estimate of drug-likeness (QED) is 0.713. The van der Waals surface area contributed by atoms with E-state index in [0.29, 0.717) is 24.4 Å². The molecule has 2 bridgehead atoms. The van der Waals surface area contributed by atoms with Crippen LogP contribution in [-0.4, -0.2) is 28.4 Å². The van der Waals surface area contributed by atoms with Gasteiger partial charge in [-0.25, -0.2) is 0 Å². The van der Waals surface area contributed by atoms with Crippen molar-refractivity contribution in [1.82, 2.24) is 4.90 Å². The second-order valence-corrected chi connectivity index (χ2v) is 5.30. The average Bonchev–Trinajstić information content (AvgIpc) is 2.66. The maximum Gasteiger partial charge on any atom is 0.224 e. The molecular formula is C11H18N2O. The van der Waals surface area contributed by atoms with Crippen LogP contribution < -0.4 is 5.73 Å². The minimum Gasteiger partial charge on any atom is -0.337 e. The van der Waals surface area contributed by atoms with Gasteiger partial charge in [0.1, 0.15) is 0 Å². The number of carbonyl (C=O) groups excluding carboxylic acids is 1. The standard InChI is InChI=1S/C11H18N2O/c12-11(5-6-11)7-10(14)13-8-1-2-9(13)4-3-8/h8-9H,1-7,12H2. The van der Waals surface area contributed by atoms with Gasteiger partial charge in [-0.15, -0.1) is 0 Å². The van der Waals surface area contributed by atoms with Crippen molar-refractivity contribution in [1.29, 1.82) is 0 Å². The van der Waals surface area contributed by atoms with E-state index in [-0.39, 0.29) is 5.54 Å². The van der Waals surface area contributed by atoms with Gasteiger partial charge in [-0.05, 0) is 38.5 Å². The lowest BCUT2D eigenvalue weighted by atomic mass is 10.0. The van der Waals surface area contributed by atoms with Crippen molar-refractivity contribution in [2.75, 3.05) is 0 Å². The number of fused-ring (bicyclic) bond motifs is 2. The van der Waals surface area contributed by atoms with Crippen LogP contribution in [0.4, 0.5) is 0 Å². The second kappa shape index (κ2) is 2.72. The molecule has 3 fully saturated rings. The third-order valence-electron chi connectivity index (χ3n) is 4.14. The van der Waals surface area contributed by atoms with Crippen LogP contribution in [0.5, 0.6) is 0 Å². The molecule has 0 atom stereocenters. The van der Waals surface area contributed by atoms with Crippen LogP contribution in [0.15, 0.2) is 0 Å². The zero-order chi connectivity index (χ0) is 9.76. The van der Waals surface area contributed by atoms with Gasteiger partial charge in [0, 0.05) is 24.0 Å². The Morgan fingerprint density at radius 2 is 1.71 bits per heavy atom. The number of nitrogens with zero attached hydrogens (tertiary/aromatic N) is 1. The van der Waals surface area contributed by atoms with E-state index in [4.69, 9.17) is 5.73 Å². The van der Waals surface area contributed by atoms with Gasteiger partial charge in [-0.1, -0.05) is 0 Å². The number of nitrogens with two attached hydrogens (primary N) is 1. The molecule has 0 spiro atoms. The van der Waals surface area contributed by atoms with E-state index in [1.54, 1.807) is 0 Å². The largest absolute Gasteiger partial charge is 0.337 e. The Hall–Kier alpha value is -0.570. The van der Waals surface area contributed by atoms with Crippen molar-refractivity contribution in [3.05, 3.63) is 0 Å². The van der Waals surface area contributed by atoms with Crippen LogP contribution in [0.1, 0.15) is 44.9 Å². The molecule has 0 unspecified atom stereocenters. The molecule has 1 aliphatic carbocycles. The molecule has 2 aliphatic heterocycles. The first-order chi connectivity index (χ1) is 6.68. The molecule has 0 aromatic heterocycles. The Labute approximate surface area is 84.6 Å². The predicted molar refractivity (Wildman–Crippen MR) is 53.7 cm³/mol. The van der Waals surface area contributed by atoms with Gasteiger partial charge in [0.25, 0.3) is 0 Å². The summed E-state index contributed by atoms with van der Waals surface area (Å²) in [7, 11) is 0. The summed E-state index contributed by atoms with van der Waals surface area (Å²) in [5, 5.41) is 0. The molecule has 0 aromatic rings. The predicted octanol–water partition coefficient (Wildman–Crippen LogP) is 1.02. The third kappa shape index (κ3) is 1.26. The summed E-state index contributed by atoms with van der Waals surface area (Å²) in [5.74, 6) is 0.329. The van der Waals surface area contributed by atoms with Crippen LogP contribution in [0.2, 0.25) is 0 Å². The van der Waals surface area contributed by atoms with Crippen molar-refractivity contribution < 1.29 is 4.79 Å². The monoisotopic (exact) mass is 194 g/mol. The maximum atomic E-state index is 12.0. The van der Waals surface area contributed by atoms with E-state index in [2.05, 4.69) is 4.90 Å². The summed E-state index contributed by atoms with van der Waals surface area (Å²) in [6.07, 6.45) is 7.60. The lowest BCUT2D eigenvalue weighted by molar-refractivity contribution is -0.132. The highest BCUT2D eigenvalue weighted by molar-refractivity contribution is 5.79. The molecule has 78 valence electrons. The Morgan fingerprint density at radius 3 is 2.14 bits per heavy atom. The lowest BCUT2D eigenvalue weighted by Crippen LogP contribution is -2.39. The molecule has 1 amide bonds. The fourth-order valence-electron chi connectivity index (χ4n) is 3.05. The first-order valence-electron chi connectivity index (χ1n) is 5.78. The molecule has 3 rings (SSSR count). The van der Waals surface area contributed by atoms with Gasteiger partial charge < -0.3 is 10.6 Å². The van der Waals surface area contributed by atoms with Crippen LogP contribution >= 0.6 is 0 Å². The topological polar surface area (TPSA) is 46.3 Å². The Morgan fingerprint density at radius 1 is 1.21 bits per heavy atom. The van der Waals surface area contributed by atoms with Crippen molar-refractivity contribution in [2.24, 2.45) is 5.73 Å². The molecule has 3 heteroatoms. The number of hydrogen-bond acceptors (Lipinski definition) is 2.